The van der Waals surface area contributed by atoms with Crippen LogP contribution in [0.2, 0.25) is 5.02 Å². The van der Waals surface area contributed by atoms with Crippen LogP contribution in [0, 0.1) is 0 Å². The van der Waals surface area contributed by atoms with Gasteiger partial charge in [-0.2, -0.15) is 0 Å². The first-order valence-electron chi connectivity index (χ1n) is 12.4. The summed E-state index contributed by atoms with van der Waals surface area (Å²) in [5.74, 6) is 1.60. The lowest BCUT2D eigenvalue weighted by molar-refractivity contribution is 0.288. The summed E-state index contributed by atoms with van der Waals surface area (Å²) in [5.41, 5.74) is 4.56. The largest absolute Gasteiger partial charge is 0.489 e. The Morgan fingerprint density at radius 3 is 1.89 bits per heavy atom. The van der Waals surface area contributed by atoms with Gasteiger partial charge in [0.1, 0.15) is 24.7 Å². The van der Waals surface area contributed by atoms with Crippen molar-refractivity contribution in [1.29, 1.82) is 0 Å². The summed E-state index contributed by atoms with van der Waals surface area (Å²) in [6, 6.07) is 34.2. The molecule has 0 atom stereocenters. The summed E-state index contributed by atoms with van der Waals surface area (Å²) in [6.45, 7) is 2.45. The molecule has 4 rings (SSSR count). The Bertz CT molecular complexity index is 1250. The summed E-state index contributed by atoms with van der Waals surface area (Å²) in [5, 5.41) is 7.96. The zero-order valence-corrected chi connectivity index (χ0v) is 22.2. The normalized spacial score (nSPS) is 10.5. The van der Waals surface area contributed by atoms with Gasteiger partial charge in [0.15, 0.2) is 5.11 Å². The third-order valence-corrected chi connectivity index (χ3v) is 6.36. The Balaban J connectivity index is 1.30. The molecule has 0 radical (unpaired) electrons. The quantitative estimate of drug-likeness (QED) is 0.198. The van der Waals surface area contributed by atoms with E-state index in [0.29, 0.717) is 24.9 Å². The van der Waals surface area contributed by atoms with Gasteiger partial charge < -0.3 is 20.1 Å². The molecular weight excluding hydrogens is 500 g/mol. The summed E-state index contributed by atoms with van der Waals surface area (Å²) in [7, 11) is 0. The highest BCUT2D eigenvalue weighted by atomic mass is 35.5. The van der Waals surface area contributed by atoms with Crippen molar-refractivity contribution in [2.45, 2.75) is 26.1 Å². The van der Waals surface area contributed by atoms with E-state index in [0.717, 1.165) is 52.6 Å². The fourth-order valence-corrected chi connectivity index (χ4v) is 4.12. The molecule has 0 fully saturated rings. The van der Waals surface area contributed by atoms with Crippen molar-refractivity contribution in [2.24, 2.45) is 0 Å². The lowest BCUT2D eigenvalue weighted by Crippen LogP contribution is -2.37. The smallest absolute Gasteiger partial charge is 0.166 e. The van der Waals surface area contributed by atoms with E-state index in [2.05, 4.69) is 41.0 Å². The average Bonchev–Trinajstić information content (AvgIpc) is 2.94. The van der Waals surface area contributed by atoms with Crippen LogP contribution in [0.15, 0.2) is 103 Å². The summed E-state index contributed by atoms with van der Waals surface area (Å²) >= 11 is 11.4. The van der Waals surface area contributed by atoms with Crippen molar-refractivity contribution >= 4 is 28.9 Å². The molecule has 0 aliphatic carbocycles. The standard InChI is InChI=1S/C31H31ClN2O2S/c32-28-14-11-24(12-15-28)17-19-33-31(37)34-20-18-27-13-16-29(35-22-25-7-3-1-4-8-25)21-30(27)36-23-26-9-5-2-6-10-26/h1-16,21H,17-20,22-23H2,(H2,33,34,37). The highest BCUT2D eigenvalue weighted by molar-refractivity contribution is 7.80. The van der Waals surface area contributed by atoms with Crippen molar-refractivity contribution in [2.75, 3.05) is 13.1 Å². The van der Waals surface area contributed by atoms with Crippen molar-refractivity contribution in [3.63, 3.8) is 0 Å². The molecule has 0 amide bonds. The Kier molecular flexibility index (Phi) is 10.2. The molecule has 0 aliphatic rings. The summed E-state index contributed by atoms with van der Waals surface area (Å²) in [4.78, 5) is 0. The molecule has 37 heavy (non-hydrogen) atoms. The summed E-state index contributed by atoms with van der Waals surface area (Å²) < 4.78 is 12.3. The highest BCUT2D eigenvalue weighted by Crippen LogP contribution is 2.27. The second-order valence-electron chi connectivity index (χ2n) is 8.63. The maximum atomic E-state index is 6.23. The van der Waals surface area contributed by atoms with Gasteiger partial charge in [-0.25, -0.2) is 0 Å². The number of hydrogen-bond donors (Lipinski definition) is 2. The van der Waals surface area contributed by atoms with Crippen LogP contribution < -0.4 is 20.1 Å². The molecule has 4 aromatic rings. The van der Waals surface area contributed by atoms with Gasteiger partial charge in [-0.05, 0) is 65.5 Å². The van der Waals surface area contributed by atoms with E-state index in [1.165, 1.54) is 5.56 Å². The van der Waals surface area contributed by atoms with E-state index < -0.39 is 0 Å². The molecule has 4 aromatic carbocycles. The molecule has 0 spiro atoms. The number of rotatable bonds is 12. The molecule has 0 aromatic heterocycles. The lowest BCUT2D eigenvalue weighted by atomic mass is 10.1. The van der Waals surface area contributed by atoms with E-state index >= 15 is 0 Å². The van der Waals surface area contributed by atoms with Gasteiger partial charge in [0, 0.05) is 24.2 Å². The Morgan fingerprint density at radius 1 is 0.649 bits per heavy atom. The predicted octanol–water partition coefficient (Wildman–Crippen LogP) is 6.75. The van der Waals surface area contributed by atoms with Gasteiger partial charge >= 0.3 is 0 Å². The van der Waals surface area contributed by atoms with Crippen molar-refractivity contribution < 1.29 is 9.47 Å². The molecule has 0 heterocycles. The van der Waals surface area contributed by atoms with Crippen LogP contribution in [0.25, 0.3) is 0 Å². The van der Waals surface area contributed by atoms with Crippen LogP contribution in [0.4, 0.5) is 0 Å². The molecule has 2 N–H and O–H groups in total. The van der Waals surface area contributed by atoms with Crippen LogP contribution >= 0.6 is 23.8 Å². The fraction of sp³-hybridized carbons (Fsp3) is 0.194. The SMILES string of the molecule is S=C(NCCc1ccc(Cl)cc1)NCCc1ccc(OCc2ccccc2)cc1OCc1ccccc1. The van der Waals surface area contributed by atoms with Crippen LogP contribution in [0.5, 0.6) is 11.5 Å². The van der Waals surface area contributed by atoms with Gasteiger partial charge in [0.2, 0.25) is 0 Å². The maximum absolute atomic E-state index is 6.23. The van der Waals surface area contributed by atoms with Crippen molar-refractivity contribution in [1.82, 2.24) is 10.6 Å². The Labute approximate surface area is 229 Å². The van der Waals surface area contributed by atoms with Gasteiger partial charge in [0.05, 0.1) is 0 Å². The fourth-order valence-electron chi connectivity index (χ4n) is 3.79. The lowest BCUT2D eigenvalue weighted by Gasteiger charge is -2.15. The molecular formula is C31H31ClN2O2S. The van der Waals surface area contributed by atoms with E-state index in [9.17, 15) is 0 Å². The average molecular weight is 531 g/mol. The molecule has 0 bridgehead atoms. The van der Waals surface area contributed by atoms with E-state index in [4.69, 9.17) is 33.3 Å². The number of benzene rings is 4. The number of thiocarbonyl (C=S) groups is 1. The molecule has 0 saturated carbocycles. The van der Waals surface area contributed by atoms with E-state index in [1.807, 2.05) is 72.8 Å². The number of nitrogens with one attached hydrogen (secondary N) is 2. The predicted molar refractivity (Wildman–Crippen MR) is 155 cm³/mol. The Hall–Kier alpha value is -3.54. The maximum Gasteiger partial charge on any atom is 0.166 e. The minimum Gasteiger partial charge on any atom is -0.489 e. The molecule has 6 heteroatoms. The first kappa shape index (κ1) is 26.5. The van der Waals surface area contributed by atoms with Gasteiger partial charge in [0.25, 0.3) is 0 Å². The van der Waals surface area contributed by atoms with E-state index in [1.54, 1.807) is 0 Å². The number of halogens is 1. The first-order valence-corrected chi connectivity index (χ1v) is 13.2. The second-order valence-corrected chi connectivity index (χ2v) is 9.47. The molecule has 0 saturated heterocycles. The minimum absolute atomic E-state index is 0.494. The minimum atomic E-state index is 0.494. The van der Waals surface area contributed by atoms with Gasteiger partial charge in [-0.1, -0.05) is 90.5 Å². The zero-order valence-electron chi connectivity index (χ0n) is 20.7. The highest BCUT2D eigenvalue weighted by Gasteiger charge is 2.08. The molecule has 4 nitrogen and oxygen atoms in total. The van der Waals surface area contributed by atoms with Crippen LogP contribution in [0.1, 0.15) is 22.3 Å². The topological polar surface area (TPSA) is 42.5 Å². The third kappa shape index (κ3) is 9.12. The van der Waals surface area contributed by atoms with Crippen LogP contribution in [-0.4, -0.2) is 18.2 Å². The third-order valence-electron chi connectivity index (χ3n) is 5.82. The number of ether oxygens (including phenoxy) is 2. The zero-order chi connectivity index (χ0) is 25.7. The molecule has 190 valence electrons. The van der Waals surface area contributed by atoms with Crippen LogP contribution in [-0.2, 0) is 26.1 Å². The van der Waals surface area contributed by atoms with Crippen LogP contribution in [0.3, 0.4) is 0 Å². The molecule has 0 unspecified atom stereocenters. The molecule has 0 aliphatic heterocycles. The Morgan fingerprint density at radius 2 is 1.24 bits per heavy atom. The summed E-state index contributed by atoms with van der Waals surface area (Å²) in [6.07, 6.45) is 1.64. The van der Waals surface area contributed by atoms with E-state index in [-0.39, 0.29) is 0 Å². The first-order chi connectivity index (χ1) is 18.2. The van der Waals surface area contributed by atoms with Crippen molar-refractivity contribution in [3.05, 3.63) is 130 Å². The second kappa shape index (κ2) is 14.3. The number of hydrogen-bond acceptors (Lipinski definition) is 3. The monoisotopic (exact) mass is 530 g/mol. The van der Waals surface area contributed by atoms with Crippen molar-refractivity contribution in [3.8, 4) is 11.5 Å². The van der Waals surface area contributed by atoms with Gasteiger partial charge in [-0.15, -0.1) is 0 Å². The van der Waals surface area contributed by atoms with Gasteiger partial charge in [-0.3, -0.25) is 0 Å².